The van der Waals surface area contributed by atoms with E-state index in [1.54, 1.807) is 23.0 Å². The summed E-state index contributed by atoms with van der Waals surface area (Å²) in [6.07, 6.45) is 2.48. The molecule has 6 heteroatoms. The van der Waals surface area contributed by atoms with Crippen LogP contribution in [-0.4, -0.2) is 16.1 Å². The van der Waals surface area contributed by atoms with Gasteiger partial charge in [0.05, 0.1) is 11.3 Å². The van der Waals surface area contributed by atoms with Crippen LogP contribution in [0.1, 0.15) is 15.9 Å². The third kappa shape index (κ3) is 2.73. The summed E-state index contributed by atoms with van der Waals surface area (Å²) in [4.78, 5) is 11.3. The van der Waals surface area contributed by atoms with Crippen molar-refractivity contribution in [2.45, 2.75) is 6.92 Å². The van der Waals surface area contributed by atoms with Gasteiger partial charge in [-0.25, -0.2) is 4.68 Å². The van der Waals surface area contributed by atoms with Gasteiger partial charge in [-0.1, -0.05) is 15.9 Å². The van der Waals surface area contributed by atoms with Crippen molar-refractivity contribution in [3.63, 3.8) is 0 Å². The van der Waals surface area contributed by atoms with E-state index in [0.29, 0.717) is 21.7 Å². The van der Waals surface area contributed by atoms with Crippen molar-refractivity contribution in [1.29, 1.82) is 0 Å². The minimum absolute atomic E-state index is 0.485. The lowest BCUT2D eigenvalue weighted by atomic mass is 10.2. The Kier molecular flexibility index (Phi) is 3.82. The first kappa shape index (κ1) is 14.3. The molecule has 0 spiro atoms. The summed E-state index contributed by atoms with van der Waals surface area (Å²) in [5.41, 5.74) is 2.98. The molecule has 0 N–H and O–H groups in total. The summed E-state index contributed by atoms with van der Waals surface area (Å²) < 4.78 is 8.78. The molecule has 0 aliphatic rings. The van der Waals surface area contributed by atoms with Gasteiger partial charge >= 0.3 is 0 Å². The number of aryl methyl sites for hydroxylation is 1. The molecule has 0 saturated heterocycles. The number of hydrogen-bond acceptors (Lipinski definition) is 3. The zero-order valence-electron chi connectivity index (χ0n) is 11.0. The van der Waals surface area contributed by atoms with Gasteiger partial charge in [0.1, 0.15) is 5.69 Å². The van der Waals surface area contributed by atoms with Gasteiger partial charge in [0.25, 0.3) is 0 Å². The Balaban J connectivity index is 2.13. The number of hydrogen-bond donors (Lipinski definition) is 0. The predicted molar refractivity (Wildman–Crippen MR) is 86.8 cm³/mol. The van der Waals surface area contributed by atoms with Gasteiger partial charge < -0.3 is 4.42 Å². The predicted octanol–water partition coefficient (Wildman–Crippen LogP) is 4.78. The molecule has 21 heavy (non-hydrogen) atoms. The smallest absolute Gasteiger partial charge is 0.169 e. The Bertz CT molecular complexity index is 821. The van der Waals surface area contributed by atoms with Crippen LogP contribution in [0, 0.1) is 6.92 Å². The number of halogens is 2. The third-order valence-corrected chi connectivity index (χ3v) is 4.00. The minimum Gasteiger partial charge on any atom is -0.448 e. The molecule has 3 aromatic rings. The average Bonchev–Trinajstić information content (AvgIpc) is 3.04. The highest BCUT2D eigenvalue weighted by molar-refractivity contribution is 9.10. The van der Waals surface area contributed by atoms with E-state index in [2.05, 4.69) is 37.0 Å². The summed E-state index contributed by atoms with van der Waals surface area (Å²) in [5, 5.41) is 4.48. The van der Waals surface area contributed by atoms with E-state index in [-0.39, 0.29) is 0 Å². The van der Waals surface area contributed by atoms with Gasteiger partial charge in [-0.15, -0.1) is 0 Å². The fraction of sp³-hybridized carbons (Fsp3) is 0.0667. The largest absolute Gasteiger partial charge is 0.448 e. The summed E-state index contributed by atoms with van der Waals surface area (Å²) in [7, 11) is 0. The molecule has 0 bridgehead atoms. The van der Waals surface area contributed by atoms with Crippen molar-refractivity contribution >= 4 is 38.1 Å². The quantitative estimate of drug-likeness (QED) is 0.585. The summed E-state index contributed by atoms with van der Waals surface area (Å²) in [6.45, 7) is 1.99. The van der Waals surface area contributed by atoms with Crippen LogP contribution in [0.15, 0.2) is 50.1 Å². The number of carbonyl (C=O) groups excluding carboxylic acids is 1. The van der Waals surface area contributed by atoms with E-state index in [1.165, 1.54) is 0 Å². The van der Waals surface area contributed by atoms with Crippen molar-refractivity contribution in [2.75, 3.05) is 0 Å². The zero-order chi connectivity index (χ0) is 15.0. The van der Waals surface area contributed by atoms with Crippen molar-refractivity contribution in [3.05, 3.63) is 56.8 Å². The molecule has 2 aromatic heterocycles. The molecule has 0 atom stereocenters. The van der Waals surface area contributed by atoms with Gasteiger partial charge in [0, 0.05) is 10.7 Å². The number of benzene rings is 1. The van der Waals surface area contributed by atoms with Crippen LogP contribution in [-0.2, 0) is 0 Å². The molecule has 0 aliphatic carbocycles. The third-order valence-electron chi connectivity index (χ3n) is 3.08. The first-order chi connectivity index (χ1) is 10.1. The molecule has 0 radical (unpaired) electrons. The first-order valence-electron chi connectivity index (χ1n) is 6.15. The maximum absolute atomic E-state index is 11.3. The lowest BCUT2D eigenvalue weighted by molar-refractivity contribution is 0.112. The molecule has 106 valence electrons. The Morgan fingerprint density at radius 2 is 2.05 bits per heavy atom. The van der Waals surface area contributed by atoms with Crippen molar-refractivity contribution in [3.8, 4) is 17.1 Å². The lowest BCUT2D eigenvalue weighted by Crippen LogP contribution is -1.97. The molecule has 3 rings (SSSR count). The van der Waals surface area contributed by atoms with Crippen LogP contribution in [0.25, 0.3) is 17.1 Å². The second kappa shape index (κ2) is 5.61. The van der Waals surface area contributed by atoms with Crippen LogP contribution >= 0.6 is 31.9 Å². The summed E-state index contributed by atoms with van der Waals surface area (Å²) in [6, 6.07) is 9.43. The Morgan fingerprint density at radius 3 is 2.67 bits per heavy atom. The first-order valence-corrected chi connectivity index (χ1v) is 7.74. The normalized spacial score (nSPS) is 10.8. The molecule has 0 amide bonds. The average molecular weight is 410 g/mol. The molecular formula is C15H10Br2N2O2. The number of nitrogens with zero attached hydrogens (tertiary/aromatic N) is 2. The van der Waals surface area contributed by atoms with Gasteiger partial charge in [0.2, 0.25) is 0 Å². The highest BCUT2D eigenvalue weighted by Crippen LogP contribution is 2.28. The monoisotopic (exact) mass is 408 g/mol. The second-order valence-electron chi connectivity index (χ2n) is 4.53. The van der Waals surface area contributed by atoms with E-state index in [0.717, 1.165) is 22.0 Å². The van der Waals surface area contributed by atoms with Crippen LogP contribution < -0.4 is 0 Å². The second-order valence-corrected chi connectivity index (χ2v) is 6.23. The maximum atomic E-state index is 11.3. The fourth-order valence-corrected chi connectivity index (χ4v) is 2.89. The van der Waals surface area contributed by atoms with E-state index in [1.807, 2.05) is 25.1 Å². The van der Waals surface area contributed by atoms with E-state index in [9.17, 15) is 4.79 Å². The highest BCUT2D eigenvalue weighted by Gasteiger charge is 2.15. The van der Waals surface area contributed by atoms with Gasteiger partial charge in [-0.05, 0) is 58.7 Å². The molecule has 4 nitrogen and oxygen atoms in total. The molecule has 0 fully saturated rings. The molecule has 0 unspecified atom stereocenters. The molecule has 0 saturated carbocycles. The van der Waals surface area contributed by atoms with Crippen molar-refractivity contribution in [1.82, 2.24) is 9.78 Å². The topological polar surface area (TPSA) is 48.0 Å². The minimum atomic E-state index is 0.485. The number of aldehydes is 1. The number of rotatable bonds is 3. The lowest BCUT2D eigenvalue weighted by Gasteiger charge is -2.05. The Morgan fingerprint density at radius 1 is 1.24 bits per heavy atom. The SMILES string of the molecule is Cc1cc(Br)ccc1-n1cc(C=O)c(-c2ccc(Br)o2)n1. The highest BCUT2D eigenvalue weighted by atomic mass is 79.9. The molecule has 0 aliphatic heterocycles. The molecule has 1 aromatic carbocycles. The molecule has 2 heterocycles. The summed E-state index contributed by atoms with van der Waals surface area (Å²) in [5.74, 6) is 0.553. The Hall–Kier alpha value is -1.66. The van der Waals surface area contributed by atoms with E-state index < -0.39 is 0 Å². The maximum Gasteiger partial charge on any atom is 0.169 e. The van der Waals surface area contributed by atoms with Crippen molar-refractivity contribution < 1.29 is 9.21 Å². The molecular weight excluding hydrogens is 400 g/mol. The number of carbonyl (C=O) groups is 1. The number of aromatic nitrogens is 2. The van der Waals surface area contributed by atoms with Crippen molar-refractivity contribution in [2.24, 2.45) is 0 Å². The van der Waals surface area contributed by atoms with Crippen LogP contribution in [0.3, 0.4) is 0 Å². The number of furan rings is 1. The van der Waals surface area contributed by atoms with Gasteiger partial charge in [0.15, 0.2) is 16.7 Å². The Labute approximate surface area is 138 Å². The van der Waals surface area contributed by atoms with E-state index >= 15 is 0 Å². The van der Waals surface area contributed by atoms with Crippen LogP contribution in [0.4, 0.5) is 0 Å². The zero-order valence-corrected chi connectivity index (χ0v) is 14.2. The fourth-order valence-electron chi connectivity index (χ4n) is 2.11. The van der Waals surface area contributed by atoms with Crippen LogP contribution in [0.2, 0.25) is 0 Å². The van der Waals surface area contributed by atoms with E-state index in [4.69, 9.17) is 4.42 Å². The van der Waals surface area contributed by atoms with Crippen LogP contribution in [0.5, 0.6) is 0 Å². The summed E-state index contributed by atoms with van der Waals surface area (Å²) >= 11 is 6.69. The standard InChI is InChI=1S/C15H10Br2N2O2/c1-9-6-11(16)2-3-12(9)19-7-10(8-20)15(18-19)13-4-5-14(17)21-13/h2-8H,1H3. The van der Waals surface area contributed by atoms with Gasteiger partial charge in [-0.2, -0.15) is 5.10 Å². The van der Waals surface area contributed by atoms with Gasteiger partial charge in [-0.3, -0.25) is 4.79 Å².